The summed E-state index contributed by atoms with van der Waals surface area (Å²) in [6.45, 7) is 0.314. The minimum Gasteiger partial charge on any atom is -0.383 e. The first-order valence-electron chi connectivity index (χ1n) is 6.90. The lowest BCUT2D eigenvalue weighted by Crippen LogP contribution is -2.43. The molecule has 23 heavy (non-hydrogen) atoms. The zero-order valence-electron chi connectivity index (χ0n) is 12.4. The van der Waals surface area contributed by atoms with E-state index in [2.05, 4.69) is 0 Å². The van der Waals surface area contributed by atoms with Crippen molar-refractivity contribution in [2.45, 2.75) is 12.5 Å². The summed E-state index contributed by atoms with van der Waals surface area (Å²) in [4.78, 5) is 13.9. The van der Waals surface area contributed by atoms with Crippen LogP contribution >= 0.6 is 11.6 Å². The van der Waals surface area contributed by atoms with Crippen LogP contribution in [0.3, 0.4) is 0 Å². The number of rotatable bonds is 5. The molecule has 1 aliphatic heterocycles. The summed E-state index contributed by atoms with van der Waals surface area (Å²) >= 11 is 5.83. The summed E-state index contributed by atoms with van der Waals surface area (Å²) < 4.78 is 54.8. The van der Waals surface area contributed by atoms with Gasteiger partial charge in [0.1, 0.15) is 0 Å². The second kappa shape index (κ2) is 7.11. The number of carbonyl (C=O) groups is 1. The fraction of sp³-hybridized carbons (Fsp3) is 0.500. The van der Waals surface area contributed by atoms with Gasteiger partial charge in [-0.05, 0) is 18.6 Å². The summed E-state index contributed by atoms with van der Waals surface area (Å²) in [7, 11) is -1.76. The smallest absolute Gasteiger partial charge is 0.255 e. The molecule has 2 rings (SSSR count). The number of hydrogen-bond donors (Lipinski definition) is 0. The predicted octanol–water partition coefficient (Wildman–Crippen LogP) is 1.89. The molecule has 0 spiro atoms. The Labute approximate surface area is 138 Å². The highest BCUT2D eigenvalue weighted by molar-refractivity contribution is 7.91. The van der Waals surface area contributed by atoms with E-state index in [0.29, 0.717) is 6.42 Å². The maximum absolute atomic E-state index is 13.4. The molecule has 0 aliphatic carbocycles. The van der Waals surface area contributed by atoms with Crippen LogP contribution in [0.2, 0.25) is 5.02 Å². The summed E-state index contributed by atoms with van der Waals surface area (Å²) in [5.74, 6) is -3.17. The van der Waals surface area contributed by atoms with Gasteiger partial charge in [0.2, 0.25) is 0 Å². The summed E-state index contributed by atoms with van der Waals surface area (Å²) in [5, 5.41) is -0.225. The highest BCUT2D eigenvalue weighted by atomic mass is 35.5. The molecule has 0 radical (unpaired) electrons. The van der Waals surface area contributed by atoms with Crippen molar-refractivity contribution in [1.29, 1.82) is 0 Å². The number of halogens is 3. The molecule has 9 heteroatoms. The fourth-order valence-electron chi connectivity index (χ4n) is 2.50. The molecule has 1 aromatic rings. The highest BCUT2D eigenvalue weighted by Crippen LogP contribution is 2.25. The third-order valence-corrected chi connectivity index (χ3v) is 5.75. The van der Waals surface area contributed by atoms with Crippen LogP contribution in [0.5, 0.6) is 0 Å². The molecule has 128 valence electrons. The molecule has 1 heterocycles. The van der Waals surface area contributed by atoms with E-state index in [1.54, 1.807) is 0 Å². The van der Waals surface area contributed by atoms with Crippen molar-refractivity contribution in [2.24, 2.45) is 0 Å². The van der Waals surface area contributed by atoms with Gasteiger partial charge in [-0.2, -0.15) is 0 Å². The van der Waals surface area contributed by atoms with Gasteiger partial charge < -0.3 is 9.64 Å². The van der Waals surface area contributed by atoms with Gasteiger partial charge in [-0.15, -0.1) is 0 Å². The first-order chi connectivity index (χ1) is 10.7. The molecule has 0 aromatic heterocycles. The SMILES string of the molecule is COCCN(C(=O)c1cc(F)c(F)cc1Cl)C1CCS(=O)(=O)C1. The van der Waals surface area contributed by atoms with Gasteiger partial charge in [0.15, 0.2) is 21.5 Å². The summed E-state index contributed by atoms with van der Waals surface area (Å²) in [6, 6.07) is 0.916. The number of methoxy groups -OCH3 is 1. The van der Waals surface area contributed by atoms with Gasteiger partial charge in [-0.1, -0.05) is 11.6 Å². The first kappa shape index (κ1) is 18.1. The average Bonchev–Trinajstić information content (AvgIpc) is 2.83. The highest BCUT2D eigenvalue weighted by Gasteiger charge is 2.35. The maximum Gasteiger partial charge on any atom is 0.255 e. The van der Waals surface area contributed by atoms with Gasteiger partial charge in [0.05, 0.1) is 28.7 Å². The monoisotopic (exact) mass is 367 g/mol. The quantitative estimate of drug-likeness (QED) is 0.746. The number of ether oxygens (including phenoxy) is 1. The van der Waals surface area contributed by atoms with E-state index in [1.807, 2.05) is 0 Å². The Bertz CT molecular complexity index is 711. The largest absolute Gasteiger partial charge is 0.383 e. The molecule has 1 fully saturated rings. The standard InChI is InChI=1S/C14H16ClF2NO4S/c1-22-4-3-18(9-2-5-23(20,21)8-9)14(19)10-6-12(16)13(17)7-11(10)15/h6-7,9H,2-5,8H2,1H3. The average molecular weight is 368 g/mol. The topological polar surface area (TPSA) is 63.7 Å². The number of hydrogen-bond acceptors (Lipinski definition) is 4. The third-order valence-electron chi connectivity index (χ3n) is 3.69. The van der Waals surface area contributed by atoms with Gasteiger partial charge >= 0.3 is 0 Å². The van der Waals surface area contributed by atoms with Crippen LogP contribution in [0, 0.1) is 11.6 Å². The van der Waals surface area contributed by atoms with Crippen LogP contribution in [0.25, 0.3) is 0 Å². The van der Waals surface area contributed by atoms with Gasteiger partial charge in [-0.25, -0.2) is 17.2 Å². The minimum atomic E-state index is -3.21. The molecule has 1 aromatic carbocycles. The molecule has 1 atom stereocenters. The van der Waals surface area contributed by atoms with E-state index in [-0.39, 0.29) is 35.2 Å². The van der Waals surface area contributed by atoms with Crippen LogP contribution < -0.4 is 0 Å². The van der Waals surface area contributed by atoms with E-state index >= 15 is 0 Å². The Hall–Kier alpha value is -1.25. The molecule has 0 saturated carbocycles. The van der Waals surface area contributed by atoms with Crippen molar-refractivity contribution in [1.82, 2.24) is 4.90 Å². The van der Waals surface area contributed by atoms with Crippen LogP contribution in [-0.2, 0) is 14.6 Å². The van der Waals surface area contributed by atoms with Gasteiger partial charge in [0.25, 0.3) is 5.91 Å². The molecule has 0 bridgehead atoms. The van der Waals surface area contributed by atoms with Crippen molar-refractivity contribution in [3.05, 3.63) is 34.4 Å². The first-order valence-corrected chi connectivity index (χ1v) is 9.10. The van der Waals surface area contributed by atoms with E-state index < -0.39 is 33.4 Å². The Morgan fingerprint density at radius 2 is 2.04 bits per heavy atom. The molecule has 1 aliphatic rings. The Morgan fingerprint density at radius 1 is 1.39 bits per heavy atom. The van der Waals surface area contributed by atoms with Gasteiger partial charge in [-0.3, -0.25) is 4.79 Å². The Kier molecular flexibility index (Phi) is 5.59. The summed E-state index contributed by atoms with van der Waals surface area (Å²) in [6.07, 6.45) is 0.291. The number of benzene rings is 1. The van der Waals surface area contributed by atoms with Gasteiger partial charge in [0, 0.05) is 19.7 Å². The van der Waals surface area contributed by atoms with Crippen LogP contribution in [0.15, 0.2) is 12.1 Å². The minimum absolute atomic E-state index is 0.0139. The predicted molar refractivity (Wildman–Crippen MR) is 81.3 cm³/mol. The van der Waals surface area contributed by atoms with E-state index in [1.165, 1.54) is 12.0 Å². The molecule has 1 unspecified atom stereocenters. The molecule has 0 N–H and O–H groups in total. The number of carbonyl (C=O) groups excluding carboxylic acids is 1. The lowest BCUT2D eigenvalue weighted by atomic mass is 10.1. The maximum atomic E-state index is 13.4. The zero-order chi connectivity index (χ0) is 17.2. The Morgan fingerprint density at radius 3 is 2.61 bits per heavy atom. The van der Waals surface area contributed by atoms with Crippen molar-refractivity contribution in [2.75, 3.05) is 31.8 Å². The van der Waals surface area contributed by atoms with Crippen LogP contribution in [0.1, 0.15) is 16.8 Å². The van der Waals surface area contributed by atoms with Crippen molar-refractivity contribution < 1.29 is 26.7 Å². The molecular formula is C14H16ClF2NO4S. The molecular weight excluding hydrogens is 352 g/mol. The number of nitrogens with zero attached hydrogens (tertiary/aromatic N) is 1. The van der Waals surface area contributed by atoms with E-state index in [9.17, 15) is 22.0 Å². The van der Waals surface area contributed by atoms with Crippen molar-refractivity contribution in [3.8, 4) is 0 Å². The van der Waals surface area contributed by atoms with Crippen molar-refractivity contribution in [3.63, 3.8) is 0 Å². The lowest BCUT2D eigenvalue weighted by molar-refractivity contribution is 0.0624. The normalized spacial score (nSPS) is 19.7. The fourth-order valence-corrected chi connectivity index (χ4v) is 4.46. The third kappa shape index (κ3) is 4.19. The molecule has 1 saturated heterocycles. The second-order valence-corrected chi connectivity index (χ2v) is 7.93. The lowest BCUT2D eigenvalue weighted by Gasteiger charge is -2.28. The number of sulfone groups is 1. The molecule has 1 amide bonds. The van der Waals surface area contributed by atoms with Crippen LogP contribution in [0.4, 0.5) is 8.78 Å². The summed E-state index contributed by atoms with van der Waals surface area (Å²) in [5.41, 5.74) is -0.203. The second-order valence-electron chi connectivity index (χ2n) is 5.29. The van der Waals surface area contributed by atoms with Crippen molar-refractivity contribution >= 4 is 27.3 Å². The number of amides is 1. The zero-order valence-corrected chi connectivity index (χ0v) is 14.0. The Balaban J connectivity index is 2.32. The molecule has 5 nitrogen and oxygen atoms in total. The van der Waals surface area contributed by atoms with E-state index in [0.717, 1.165) is 12.1 Å². The van der Waals surface area contributed by atoms with E-state index in [4.69, 9.17) is 16.3 Å². The van der Waals surface area contributed by atoms with Crippen LogP contribution in [-0.4, -0.2) is 57.0 Å².